The molecule has 3 nitrogen and oxygen atoms in total. The smallest absolute Gasteiger partial charge is 0.145 e. The number of methoxy groups -OCH3 is 1. The van der Waals surface area contributed by atoms with Crippen molar-refractivity contribution < 1.29 is 9.84 Å². The number of nitrogens with zero attached hydrogens (tertiary/aromatic N) is 1. The number of aliphatic hydroxyl groups excluding tert-OH is 1. The number of halogens is 1. The summed E-state index contributed by atoms with van der Waals surface area (Å²) in [4.78, 5) is 2.31. The highest BCUT2D eigenvalue weighted by Crippen LogP contribution is 2.42. The molecule has 1 aromatic rings. The summed E-state index contributed by atoms with van der Waals surface area (Å²) < 4.78 is 6.79. The van der Waals surface area contributed by atoms with Gasteiger partial charge in [0.25, 0.3) is 0 Å². The van der Waals surface area contributed by atoms with Crippen LogP contribution in [0.2, 0.25) is 0 Å². The first-order valence-corrected chi connectivity index (χ1v) is 7.93. The second-order valence-electron chi connectivity index (χ2n) is 6.47. The van der Waals surface area contributed by atoms with Crippen LogP contribution < -0.4 is 9.64 Å². The second kappa shape index (κ2) is 5.94. The van der Waals surface area contributed by atoms with Crippen molar-refractivity contribution >= 4 is 21.6 Å². The van der Waals surface area contributed by atoms with Crippen molar-refractivity contribution in [2.75, 3.05) is 25.1 Å². The van der Waals surface area contributed by atoms with Crippen molar-refractivity contribution in [3.63, 3.8) is 0 Å². The highest BCUT2D eigenvalue weighted by molar-refractivity contribution is 9.10. The van der Waals surface area contributed by atoms with E-state index in [0.29, 0.717) is 0 Å². The molecule has 1 heterocycles. The van der Waals surface area contributed by atoms with E-state index in [-0.39, 0.29) is 11.5 Å². The van der Waals surface area contributed by atoms with Gasteiger partial charge in [0.1, 0.15) is 5.75 Å². The van der Waals surface area contributed by atoms with Crippen LogP contribution in [0.5, 0.6) is 5.75 Å². The van der Waals surface area contributed by atoms with Gasteiger partial charge in [-0.1, -0.05) is 36.7 Å². The standard InChI is InChI=1S/C16H24BrNO2/c1-16(2,3)13-9-11(17)10-14(15(13)20-4)18-7-5-12(19)6-8-18/h9-10,12,19H,5-8H2,1-4H3. The molecular weight excluding hydrogens is 318 g/mol. The van der Waals surface area contributed by atoms with E-state index in [1.165, 1.54) is 5.56 Å². The molecule has 4 heteroatoms. The number of hydrogen-bond acceptors (Lipinski definition) is 3. The fourth-order valence-electron chi connectivity index (χ4n) is 2.69. The van der Waals surface area contributed by atoms with Crippen LogP contribution in [0, 0.1) is 0 Å². The maximum atomic E-state index is 9.67. The minimum absolute atomic E-state index is 0.0270. The Bertz CT molecular complexity index is 474. The lowest BCUT2D eigenvalue weighted by Crippen LogP contribution is -2.36. The Morgan fingerprint density at radius 1 is 1.25 bits per heavy atom. The predicted molar refractivity (Wildman–Crippen MR) is 86.8 cm³/mol. The van der Waals surface area contributed by atoms with Gasteiger partial charge >= 0.3 is 0 Å². The first-order valence-electron chi connectivity index (χ1n) is 7.14. The van der Waals surface area contributed by atoms with Gasteiger partial charge in [-0.2, -0.15) is 0 Å². The first kappa shape index (κ1) is 15.6. The van der Waals surface area contributed by atoms with Gasteiger partial charge in [0.2, 0.25) is 0 Å². The number of rotatable bonds is 2. The lowest BCUT2D eigenvalue weighted by molar-refractivity contribution is 0.145. The molecule has 1 saturated heterocycles. The van der Waals surface area contributed by atoms with Crippen LogP contribution in [0.1, 0.15) is 39.2 Å². The number of benzene rings is 1. The maximum absolute atomic E-state index is 9.67. The van der Waals surface area contributed by atoms with Gasteiger partial charge in [0, 0.05) is 23.1 Å². The van der Waals surface area contributed by atoms with Gasteiger partial charge in [-0.05, 0) is 30.4 Å². The lowest BCUT2D eigenvalue weighted by atomic mass is 9.85. The highest BCUT2D eigenvalue weighted by atomic mass is 79.9. The molecule has 0 spiro atoms. The fraction of sp³-hybridized carbons (Fsp3) is 0.625. The van der Waals surface area contributed by atoms with E-state index in [2.05, 4.69) is 53.7 Å². The molecular formula is C16H24BrNO2. The quantitative estimate of drug-likeness (QED) is 0.889. The summed E-state index contributed by atoms with van der Waals surface area (Å²) in [5.41, 5.74) is 2.35. The molecule has 0 aliphatic carbocycles. The Morgan fingerprint density at radius 2 is 1.85 bits per heavy atom. The average molecular weight is 342 g/mol. The molecule has 0 amide bonds. The van der Waals surface area contributed by atoms with Crippen molar-refractivity contribution in [1.29, 1.82) is 0 Å². The van der Waals surface area contributed by atoms with Gasteiger partial charge in [-0.25, -0.2) is 0 Å². The number of aliphatic hydroxyl groups is 1. The molecule has 1 aliphatic heterocycles. The largest absolute Gasteiger partial charge is 0.494 e. The maximum Gasteiger partial charge on any atom is 0.145 e. The Kier molecular flexibility index (Phi) is 4.65. The third kappa shape index (κ3) is 3.29. The Labute approximate surface area is 130 Å². The first-order chi connectivity index (χ1) is 9.32. The molecule has 112 valence electrons. The van der Waals surface area contributed by atoms with Crippen LogP contribution in [0.25, 0.3) is 0 Å². The number of ether oxygens (including phenoxy) is 1. The van der Waals surface area contributed by atoms with Gasteiger partial charge in [-0.15, -0.1) is 0 Å². The molecule has 0 bridgehead atoms. The molecule has 0 aromatic heterocycles. The van der Waals surface area contributed by atoms with Crippen LogP contribution in [0.4, 0.5) is 5.69 Å². The summed E-state index contributed by atoms with van der Waals surface area (Å²) >= 11 is 3.62. The van der Waals surface area contributed by atoms with E-state index < -0.39 is 0 Å². The Morgan fingerprint density at radius 3 is 2.35 bits per heavy atom. The third-order valence-electron chi connectivity index (χ3n) is 3.85. The summed E-state index contributed by atoms with van der Waals surface area (Å²) in [7, 11) is 1.74. The van der Waals surface area contributed by atoms with E-state index in [1.54, 1.807) is 7.11 Å². The van der Waals surface area contributed by atoms with Crippen molar-refractivity contribution in [3.8, 4) is 5.75 Å². The number of hydrogen-bond donors (Lipinski definition) is 1. The number of anilines is 1. The van der Waals surface area contributed by atoms with Crippen molar-refractivity contribution in [3.05, 3.63) is 22.2 Å². The van der Waals surface area contributed by atoms with Crippen LogP contribution in [0.15, 0.2) is 16.6 Å². The van der Waals surface area contributed by atoms with Crippen LogP contribution in [-0.2, 0) is 5.41 Å². The molecule has 0 saturated carbocycles. The zero-order valence-corrected chi connectivity index (χ0v) is 14.3. The zero-order valence-electron chi connectivity index (χ0n) is 12.7. The monoisotopic (exact) mass is 341 g/mol. The third-order valence-corrected chi connectivity index (χ3v) is 4.31. The molecule has 0 atom stereocenters. The van der Waals surface area contributed by atoms with Crippen molar-refractivity contribution in [2.24, 2.45) is 0 Å². The molecule has 2 rings (SSSR count). The van der Waals surface area contributed by atoms with E-state index >= 15 is 0 Å². The summed E-state index contributed by atoms with van der Waals surface area (Å²) in [5.74, 6) is 0.956. The molecule has 1 N–H and O–H groups in total. The van der Waals surface area contributed by atoms with E-state index in [1.807, 2.05) is 0 Å². The molecule has 1 aliphatic rings. The normalized spacial score (nSPS) is 17.4. The second-order valence-corrected chi connectivity index (χ2v) is 7.39. The molecule has 1 fully saturated rings. The lowest BCUT2D eigenvalue weighted by Gasteiger charge is -2.34. The van der Waals surface area contributed by atoms with E-state index in [4.69, 9.17) is 4.74 Å². The number of piperidine rings is 1. The summed E-state index contributed by atoms with van der Waals surface area (Å²) in [6.45, 7) is 8.33. The van der Waals surface area contributed by atoms with Gasteiger partial charge in [-0.3, -0.25) is 0 Å². The summed E-state index contributed by atoms with van der Waals surface area (Å²) in [5, 5.41) is 9.67. The summed E-state index contributed by atoms with van der Waals surface area (Å²) in [6, 6.07) is 4.26. The van der Waals surface area contributed by atoms with E-state index in [9.17, 15) is 5.11 Å². The predicted octanol–water partition coefficient (Wildman–Crippen LogP) is 3.72. The minimum atomic E-state index is -0.161. The topological polar surface area (TPSA) is 32.7 Å². The molecule has 0 unspecified atom stereocenters. The average Bonchev–Trinajstić information content (AvgIpc) is 2.37. The van der Waals surface area contributed by atoms with Crippen LogP contribution >= 0.6 is 15.9 Å². The van der Waals surface area contributed by atoms with Crippen molar-refractivity contribution in [2.45, 2.75) is 45.1 Å². The zero-order chi connectivity index (χ0) is 14.9. The van der Waals surface area contributed by atoms with Gasteiger partial charge < -0.3 is 14.7 Å². The Hall–Kier alpha value is -0.740. The molecule has 0 radical (unpaired) electrons. The highest BCUT2D eigenvalue weighted by Gasteiger charge is 2.26. The van der Waals surface area contributed by atoms with Crippen molar-refractivity contribution in [1.82, 2.24) is 0 Å². The SMILES string of the molecule is COc1c(N2CCC(O)CC2)cc(Br)cc1C(C)(C)C. The minimum Gasteiger partial charge on any atom is -0.494 e. The fourth-order valence-corrected chi connectivity index (χ4v) is 3.14. The van der Waals surface area contributed by atoms with Crippen LogP contribution in [-0.4, -0.2) is 31.4 Å². The summed E-state index contributed by atoms with van der Waals surface area (Å²) in [6.07, 6.45) is 1.48. The Balaban J connectivity index is 2.44. The molecule has 20 heavy (non-hydrogen) atoms. The van der Waals surface area contributed by atoms with E-state index in [0.717, 1.165) is 41.8 Å². The van der Waals surface area contributed by atoms with Crippen LogP contribution in [0.3, 0.4) is 0 Å². The molecule has 1 aromatic carbocycles. The van der Waals surface area contributed by atoms with Gasteiger partial charge in [0.15, 0.2) is 0 Å². The van der Waals surface area contributed by atoms with Gasteiger partial charge in [0.05, 0.1) is 18.9 Å².